The molecule has 0 aliphatic carbocycles. The number of anilines is 3. The lowest BCUT2D eigenvalue weighted by Gasteiger charge is -2.12. The van der Waals surface area contributed by atoms with E-state index in [9.17, 15) is 0 Å². The van der Waals surface area contributed by atoms with Gasteiger partial charge in [0.1, 0.15) is 17.4 Å². The lowest BCUT2D eigenvalue weighted by Crippen LogP contribution is -2.19. The number of aromatic nitrogens is 4. The predicted octanol–water partition coefficient (Wildman–Crippen LogP) is 3.41. The third-order valence-corrected chi connectivity index (χ3v) is 4.21. The van der Waals surface area contributed by atoms with Gasteiger partial charge in [-0.25, -0.2) is 19.9 Å². The zero-order chi connectivity index (χ0) is 17.1. The van der Waals surface area contributed by atoms with Gasteiger partial charge in [-0.1, -0.05) is 17.7 Å². The van der Waals surface area contributed by atoms with Gasteiger partial charge in [0.15, 0.2) is 5.82 Å². The van der Waals surface area contributed by atoms with Crippen molar-refractivity contribution in [1.82, 2.24) is 19.9 Å². The molecule has 1 saturated heterocycles. The Hall–Kier alpha value is -2.51. The topological polar surface area (TPSA) is 84.9 Å². The normalized spacial score (nSPS) is 16.9. The third kappa shape index (κ3) is 3.78. The van der Waals surface area contributed by atoms with Crippen molar-refractivity contribution in [1.29, 1.82) is 0 Å². The predicted molar refractivity (Wildman–Crippen MR) is 97.3 cm³/mol. The molecule has 7 nitrogen and oxygen atoms in total. The molecule has 0 amide bonds. The lowest BCUT2D eigenvalue weighted by molar-refractivity contribution is 0.120. The van der Waals surface area contributed by atoms with E-state index in [1.54, 1.807) is 6.20 Å². The first-order chi connectivity index (χ1) is 12.3. The molecule has 0 saturated carbocycles. The van der Waals surface area contributed by atoms with Crippen LogP contribution in [0.15, 0.2) is 36.8 Å². The molecule has 2 N–H and O–H groups in total. The van der Waals surface area contributed by atoms with Gasteiger partial charge < -0.3 is 15.4 Å². The van der Waals surface area contributed by atoms with E-state index in [2.05, 4.69) is 30.6 Å². The van der Waals surface area contributed by atoms with E-state index < -0.39 is 0 Å². The summed E-state index contributed by atoms with van der Waals surface area (Å²) in [5, 5.41) is 7.11. The summed E-state index contributed by atoms with van der Waals surface area (Å²) in [5.41, 5.74) is 2.15. The Morgan fingerprint density at radius 1 is 1.24 bits per heavy atom. The van der Waals surface area contributed by atoms with Crippen LogP contribution in [-0.2, 0) is 4.74 Å². The Morgan fingerprint density at radius 3 is 3.04 bits per heavy atom. The van der Waals surface area contributed by atoms with E-state index in [4.69, 9.17) is 16.3 Å². The molecule has 128 valence electrons. The number of nitrogens with one attached hydrogen (secondary N) is 2. The van der Waals surface area contributed by atoms with E-state index in [1.807, 2.05) is 24.3 Å². The first-order valence-corrected chi connectivity index (χ1v) is 8.51. The zero-order valence-electron chi connectivity index (χ0n) is 13.4. The highest BCUT2D eigenvalue weighted by Gasteiger charge is 2.16. The molecular formula is C17H17ClN6O. The van der Waals surface area contributed by atoms with E-state index >= 15 is 0 Å². The van der Waals surface area contributed by atoms with Crippen molar-refractivity contribution in [3.8, 4) is 0 Å². The molecule has 1 fully saturated rings. The monoisotopic (exact) mass is 356 g/mol. The Balaban J connectivity index is 1.59. The largest absolute Gasteiger partial charge is 0.376 e. The number of halogens is 1. The minimum absolute atomic E-state index is 0.218. The Kier molecular flexibility index (Phi) is 4.58. The van der Waals surface area contributed by atoms with E-state index in [-0.39, 0.29) is 6.10 Å². The van der Waals surface area contributed by atoms with Gasteiger partial charge in [-0.3, -0.25) is 0 Å². The molecule has 1 aromatic carbocycles. The number of ether oxygens (including phenoxy) is 1. The maximum absolute atomic E-state index is 6.04. The Morgan fingerprint density at radius 2 is 2.20 bits per heavy atom. The van der Waals surface area contributed by atoms with Gasteiger partial charge in [0.05, 0.1) is 12.3 Å². The van der Waals surface area contributed by atoms with Crippen LogP contribution in [0.4, 0.5) is 17.5 Å². The average molecular weight is 357 g/mol. The molecule has 2 aromatic heterocycles. The highest BCUT2D eigenvalue weighted by atomic mass is 35.5. The third-order valence-electron chi connectivity index (χ3n) is 3.98. The summed E-state index contributed by atoms with van der Waals surface area (Å²) in [6, 6.07) is 7.43. The summed E-state index contributed by atoms with van der Waals surface area (Å²) in [4.78, 5) is 17.4. The fourth-order valence-corrected chi connectivity index (χ4v) is 2.93. The van der Waals surface area contributed by atoms with E-state index in [0.717, 1.165) is 25.1 Å². The van der Waals surface area contributed by atoms with Gasteiger partial charge in [0, 0.05) is 23.9 Å². The summed E-state index contributed by atoms with van der Waals surface area (Å²) >= 11 is 6.04. The van der Waals surface area contributed by atoms with E-state index in [1.165, 1.54) is 6.33 Å². The summed E-state index contributed by atoms with van der Waals surface area (Å²) < 4.78 is 5.61. The number of hydrogen-bond acceptors (Lipinski definition) is 7. The second kappa shape index (κ2) is 7.16. The van der Waals surface area contributed by atoms with Crippen molar-refractivity contribution in [2.24, 2.45) is 0 Å². The van der Waals surface area contributed by atoms with Crippen LogP contribution in [0.2, 0.25) is 5.02 Å². The van der Waals surface area contributed by atoms with Crippen molar-refractivity contribution in [3.63, 3.8) is 0 Å². The second-order valence-corrected chi connectivity index (χ2v) is 6.24. The molecule has 0 radical (unpaired) electrons. The fraction of sp³-hybridized carbons (Fsp3) is 0.294. The van der Waals surface area contributed by atoms with Crippen LogP contribution in [0.25, 0.3) is 11.0 Å². The average Bonchev–Trinajstić information content (AvgIpc) is 3.14. The van der Waals surface area contributed by atoms with Crippen molar-refractivity contribution in [3.05, 3.63) is 41.8 Å². The number of benzene rings is 1. The van der Waals surface area contributed by atoms with Gasteiger partial charge in [0.25, 0.3) is 0 Å². The number of fused-ring (bicyclic) bond motifs is 1. The smallest absolute Gasteiger partial charge is 0.223 e. The van der Waals surface area contributed by atoms with Gasteiger partial charge in [-0.05, 0) is 31.0 Å². The minimum atomic E-state index is 0.218. The second-order valence-electron chi connectivity index (χ2n) is 5.80. The Labute approximate surface area is 149 Å². The highest BCUT2D eigenvalue weighted by molar-refractivity contribution is 6.30. The Bertz CT molecular complexity index is 884. The fourth-order valence-electron chi connectivity index (χ4n) is 2.74. The molecule has 1 atom stereocenters. The highest BCUT2D eigenvalue weighted by Crippen LogP contribution is 2.23. The molecular weight excluding hydrogens is 340 g/mol. The standard InChI is InChI=1S/C17H17ClN6O/c18-11-3-1-4-12(7-11)23-16-15-14(21-10-22-16)9-20-17(24-15)19-8-13-5-2-6-25-13/h1,3-4,7,9-10,13H,2,5-6,8H2,(H,19,20,24)(H,21,22,23). The zero-order valence-corrected chi connectivity index (χ0v) is 14.2. The van der Waals surface area contributed by atoms with Crippen molar-refractivity contribution >= 4 is 40.1 Å². The quantitative estimate of drug-likeness (QED) is 0.724. The SMILES string of the molecule is Clc1cccc(Nc2ncnc3cnc(NCC4CCCO4)nc23)c1. The maximum atomic E-state index is 6.04. The van der Waals surface area contributed by atoms with Gasteiger partial charge >= 0.3 is 0 Å². The van der Waals surface area contributed by atoms with Crippen molar-refractivity contribution in [2.45, 2.75) is 18.9 Å². The maximum Gasteiger partial charge on any atom is 0.223 e. The molecule has 3 aromatic rings. The summed E-state index contributed by atoms with van der Waals surface area (Å²) in [7, 11) is 0. The van der Waals surface area contributed by atoms with Crippen LogP contribution >= 0.6 is 11.6 Å². The molecule has 25 heavy (non-hydrogen) atoms. The summed E-state index contributed by atoms with van der Waals surface area (Å²) in [6.45, 7) is 1.52. The van der Waals surface area contributed by atoms with Crippen LogP contribution in [0.5, 0.6) is 0 Å². The molecule has 1 aliphatic heterocycles. The van der Waals surface area contributed by atoms with Gasteiger partial charge in [-0.2, -0.15) is 0 Å². The van der Waals surface area contributed by atoms with Crippen LogP contribution in [-0.4, -0.2) is 39.2 Å². The van der Waals surface area contributed by atoms with Crippen LogP contribution in [0.1, 0.15) is 12.8 Å². The number of nitrogens with zero attached hydrogens (tertiary/aromatic N) is 4. The van der Waals surface area contributed by atoms with Gasteiger partial charge in [0.2, 0.25) is 5.95 Å². The first kappa shape index (κ1) is 16.0. The summed E-state index contributed by atoms with van der Waals surface area (Å²) in [5.74, 6) is 1.14. The van der Waals surface area contributed by atoms with Crippen molar-refractivity contribution in [2.75, 3.05) is 23.8 Å². The van der Waals surface area contributed by atoms with E-state index in [0.29, 0.717) is 34.4 Å². The lowest BCUT2D eigenvalue weighted by atomic mass is 10.2. The molecule has 1 aliphatic rings. The summed E-state index contributed by atoms with van der Waals surface area (Å²) in [6.07, 6.45) is 5.55. The molecule has 8 heteroatoms. The molecule has 4 rings (SSSR count). The van der Waals surface area contributed by atoms with Crippen LogP contribution in [0.3, 0.4) is 0 Å². The molecule has 0 bridgehead atoms. The van der Waals surface area contributed by atoms with Crippen LogP contribution in [0, 0.1) is 0 Å². The minimum Gasteiger partial charge on any atom is -0.376 e. The van der Waals surface area contributed by atoms with Gasteiger partial charge in [-0.15, -0.1) is 0 Å². The van der Waals surface area contributed by atoms with Crippen LogP contribution < -0.4 is 10.6 Å². The molecule has 0 spiro atoms. The first-order valence-electron chi connectivity index (χ1n) is 8.14. The molecule has 3 heterocycles. The van der Waals surface area contributed by atoms with Crippen molar-refractivity contribution < 1.29 is 4.74 Å². The molecule has 1 unspecified atom stereocenters. The number of hydrogen-bond donors (Lipinski definition) is 2. The number of rotatable bonds is 5.